The smallest absolute Gasteiger partial charge is 0.407 e. The number of ether oxygens (including phenoxy) is 3. The molecule has 0 aromatic heterocycles. The molecule has 0 bridgehead atoms. The molecule has 0 saturated carbocycles. The van der Waals surface area contributed by atoms with Crippen molar-refractivity contribution in [2.24, 2.45) is 0 Å². The van der Waals surface area contributed by atoms with Gasteiger partial charge in [0.25, 0.3) is 0 Å². The second-order valence-corrected chi connectivity index (χ2v) is 6.63. The largest absolute Gasteiger partial charge is 0.660 e. The van der Waals surface area contributed by atoms with Gasteiger partial charge in [-0.25, -0.2) is 13.2 Å². The second-order valence-electron chi connectivity index (χ2n) is 6.63. The number of para-hydroxylation sites is 3. The molecular weight excluding hydrogens is 530 g/mol. The fourth-order valence-corrected chi connectivity index (χ4v) is 2.45. The summed E-state index contributed by atoms with van der Waals surface area (Å²) in [4.78, 5) is 0. The molecule has 0 radical (unpaired) electrons. The SMILES string of the molecule is Fc1ccccc1OC(F)(F)OB(OC(F)(F)Oc1ccccc1F)OC(F)(F)Oc1ccccc1F. The number of hydrogen-bond acceptors (Lipinski definition) is 6. The maximum atomic E-state index is 14.2. The monoisotopic (exact) mass is 542 g/mol. The van der Waals surface area contributed by atoms with E-state index in [1.54, 1.807) is 0 Å². The zero-order valence-electron chi connectivity index (χ0n) is 17.9. The lowest BCUT2D eigenvalue weighted by molar-refractivity contribution is -0.384. The molecule has 0 unspecified atom stereocenters. The van der Waals surface area contributed by atoms with Crippen molar-refractivity contribution in [2.75, 3.05) is 0 Å². The maximum absolute atomic E-state index is 14.2. The summed E-state index contributed by atoms with van der Waals surface area (Å²) in [6.45, 7) is 0. The van der Waals surface area contributed by atoms with Crippen LogP contribution in [0.15, 0.2) is 72.8 Å². The van der Waals surface area contributed by atoms with Gasteiger partial charge in [-0.05, 0) is 36.4 Å². The van der Waals surface area contributed by atoms with Gasteiger partial charge in [-0.3, -0.25) is 14.0 Å². The summed E-state index contributed by atoms with van der Waals surface area (Å²) in [6, 6.07) is 10.3. The fourth-order valence-electron chi connectivity index (χ4n) is 2.45. The van der Waals surface area contributed by atoms with Crippen LogP contribution in [0.3, 0.4) is 0 Å². The predicted molar refractivity (Wildman–Crippen MR) is 105 cm³/mol. The van der Waals surface area contributed by atoms with Gasteiger partial charge < -0.3 is 14.2 Å². The normalized spacial score (nSPS) is 12.2. The van der Waals surface area contributed by atoms with Crippen molar-refractivity contribution in [3.05, 3.63) is 90.2 Å². The molecule has 3 aromatic carbocycles. The molecular formula is C21H12BF9O6. The van der Waals surface area contributed by atoms with Crippen molar-refractivity contribution in [2.45, 2.75) is 18.9 Å². The molecule has 0 aliphatic heterocycles. The third kappa shape index (κ3) is 8.47. The number of benzene rings is 3. The van der Waals surface area contributed by atoms with Crippen molar-refractivity contribution < 1.29 is 67.7 Å². The Kier molecular flexibility index (Phi) is 8.45. The molecule has 6 nitrogen and oxygen atoms in total. The highest BCUT2D eigenvalue weighted by Crippen LogP contribution is 2.33. The predicted octanol–water partition coefficient (Wildman–Crippen LogP) is 6.33. The van der Waals surface area contributed by atoms with E-state index in [-0.39, 0.29) is 0 Å². The van der Waals surface area contributed by atoms with Gasteiger partial charge in [-0.15, -0.1) is 26.3 Å². The van der Waals surface area contributed by atoms with Crippen molar-refractivity contribution >= 4 is 7.32 Å². The van der Waals surface area contributed by atoms with E-state index in [0.717, 1.165) is 36.4 Å². The molecule has 0 saturated heterocycles. The van der Waals surface area contributed by atoms with Crippen LogP contribution >= 0.6 is 0 Å². The average Bonchev–Trinajstić information content (AvgIpc) is 2.77. The van der Waals surface area contributed by atoms with Gasteiger partial charge in [-0.1, -0.05) is 36.4 Å². The summed E-state index contributed by atoms with van der Waals surface area (Å²) >= 11 is 0. The maximum Gasteiger partial charge on any atom is 0.660 e. The molecule has 16 heteroatoms. The Morgan fingerprint density at radius 2 is 0.676 bits per heavy atom. The van der Waals surface area contributed by atoms with Gasteiger partial charge in [0.1, 0.15) is 0 Å². The van der Waals surface area contributed by atoms with Crippen LogP contribution in [0.2, 0.25) is 0 Å². The molecule has 0 N–H and O–H groups in total. The lowest BCUT2D eigenvalue weighted by atomic mass is 10.2. The van der Waals surface area contributed by atoms with Crippen molar-refractivity contribution in [1.82, 2.24) is 0 Å². The van der Waals surface area contributed by atoms with Crippen molar-refractivity contribution in [1.29, 1.82) is 0 Å². The zero-order valence-corrected chi connectivity index (χ0v) is 17.9. The summed E-state index contributed by atoms with van der Waals surface area (Å²) in [5.74, 6) is -7.67. The first-order valence-electron chi connectivity index (χ1n) is 9.73. The lowest BCUT2D eigenvalue weighted by Gasteiger charge is -2.26. The third-order valence-corrected chi connectivity index (χ3v) is 3.90. The van der Waals surface area contributed by atoms with Crippen molar-refractivity contribution in [3.8, 4) is 17.2 Å². The van der Waals surface area contributed by atoms with Crippen LogP contribution in [-0.4, -0.2) is 26.2 Å². The summed E-state index contributed by atoms with van der Waals surface area (Å²) < 4.78 is 149. The number of rotatable bonds is 12. The van der Waals surface area contributed by atoms with Gasteiger partial charge in [0.05, 0.1) is 0 Å². The minimum Gasteiger partial charge on any atom is -0.407 e. The van der Waals surface area contributed by atoms with Gasteiger partial charge in [0.15, 0.2) is 34.7 Å². The molecule has 0 aliphatic rings. The molecule has 0 heterocycles. The van der Waals surface area contributed by atoms with Crippen LogP contribution < -0.4 is 14.2 Å². The van der Waals surface area contributed by atoms with E-state index >= 15 is 0 Å². The van der Waals surface area contributed by atoms with Crippen LogP contribution in [0.25, 0.3) is 0 Å². The summed E-state index contributed by atoms with van der Waals surface area (Å²) in [5.41, 5.74) is 0. The Balaban J connectivity index is 1.83. The molecule has 3 aromatic rings. The van der Waals surface area contributed by atoms with E-state index in [1.165, 1.54) is 0 Å². The summed E-state index contributed by atoms with van der Waals surface area (Å²) in [6.07, 6.45) is -15.5. The molecule has 0 atom stereocenters. The molecule has 0 spiro atoms. The van der Waals surface area contributed by atoms with Crippen LogP contribution in [0.4, 0.5) is 39.5 Å². The van der Waals surface area contributed by atoms with Crippen LogP contribution in [0.1, 0.15) is 0 Å². The highest BCUT2D eigenvalue weighted by molar-refractivity contribution is 6.36. The topological polar surface area (TPSA) is 55.4 Å². The highest BCUT2D eigenvalue weighted by Gasteiger charge is 2.54. The second kappa shape index (κ2) is 11.2. The number of alkyl halides is 6. The molecule has 3 rings (SSSR count). The molecule has 0 aliphatic carbocycles. The van der Waals surface area contributed by atoms with E-state index in [4.69, 9.17) is 0 Å². The third-order valence-electron chi connectivity index (χ3n) is 3.90. The average molecular weight is 542 g/mol. The first-order chi connectivity index (χ1) is 17.3. The molecule has 0 amide bonds. The van der Waals surface area contributed by atoms with Crippen LogP contribution in [0.5, 0.6) is 17.2 Å². The summed E-state index contributed by atoms with van der Waals surface area (Å²) in [5, 5.41) is 0. The minimum absolute atomic E-state index is 0.662. The molecule has 37 heavy (non-hydrogen) atoms. The molecule has 0 fully saturated rings. The van der Waals surface area contributed by atoms with Gasteiger partial charge in [0.2, 0.25) is 0 Å². The lowest BCUT2D eigenvalue weighted by Crippen LogP contribution is -2.49. The Morgan fingerprint density at radius 1 is 0.432 bits per heavy atom. The quantitative estimate of drug-likeness (QED) is 0.152. The summed E-state index contributed by atoms with van der Waals surface area (Å²) in [7, 11) is -3.81. The van der Waals surface area contributed by atoms with E-state index in [1.807, 2.05) is 0 Å². The van der Waals surface area contributed by atoms with Gasteiger partial charge >= 0.3 is 26.2 Å². The van der Waals surface area contributed by atoms with Gasteiger partial charge in [-0.2, -0.15) is 0 Å². The van der Waals surface area contributed by atoms with E-state index in [0.29, 0.717) is 36.4 Å². The minimum atomic E-state index is -5.16. The van der Waals surface area contributed by atoms with Crippen molar-refractivity contribution in [3.63, 3.8) is 0 Å². The Bertz CT molecular complexity index is 1050. The Labute approximate surface area is 202 Å². The van der Waals surface area contributed by atoms with Crippen LogP contribution in [0, 0.1) is 17.5 Å². The molecule has 198 valence electrons. The highest BCUT2D eigenvalue weighted by atomic mass is 19.3. The van der Waals surface area contributed by atoms with E-state index in [9.17, 15) is 39.5 Å². The van der Waals surface area contributed by atoms with E-state index < -0.39 is 60.9 Å². The van der Waals surface area contributed by atoms with E-state index in [2.05, 4.69) is 28.2 Å². The zero-order chi connectivity index (χ0) is 27.3. The standard InChI is InChI=1S/C21H12BF9O6/c23-13-7-1-4-10-16(13)32-19(26,27)35-22(36-20(28,29)33-17-11-5-2-8-14(17)24)37-21(30,31)34-18-12-6-3-9-15(18)25/h1-12H. The fraction of sp³-hybridized carbons (Fsp3) is 0.143. The number of halogens is 9. The van der Waals surface area contributed by atoms with Crippen LogP contribution in [-0.2, 0) is 14.0 Å². The van der Waals surface area contributed by atoms with Gasteiger partial charge in [0, 0.05) is 0 Å². The first kappa shape index (κ1) is 28.0. The number of hydrogen-bond donors (Lipinski definition) is 0. The Hall–Kier alpha value is -3.63. The Morgan fingerprint density at radius 3 is 0.919 bits per heavy atom. The first-order valence-corrected chi connectivity index (χ1v) is 9.73.